The summed E-state index contributed by atoms with van der Waals surface area (Å²) in [5.74, 6) is -0.310. The van der Waals surface area contributed by atoms with Crippen LogP contribution in [0.3, 0.4) is 0 Å². The standard InChI is InChI=1S/C17H21NO4/c1-20-17(19)14-5-4-6-15-13(14)8-9-18(15)10-12-22-16-7-2-3-11-21-16/h4-6,8-9,16H,2-3,7,10-12H2,1H3/t16-/m0/s1. The summed E-state index contributed by atoms with van der Waals surface area (Å²) in [5, 5.41) is 0.906. The van der Waals surface area contributed by atoms with Gasteiger partial charge >= 0.3 is 5.97 Å². The molecule has 0 N–H and O–H groups in total. The Hall–Kier alpha value is -1.85. The number of esters is 1. The van der Waals surface area contributed by atoms with Crippen LogP contribution in [0.15, 0.2) is 30.5 Å². The fraction of sp³-hybridized carbons (Fsp3) is 0.471. The molecule has 1 aromatic heterocycles. The van der Waals surface area contributed by atoms with Gasteiger partial charge < -0.3 is 18.8 Å². The monoisotopic (exact) mass is 303 g/mol. The Kier molecular flexibility index (Phi) is 4.75. The maximum atomic E-state index is 11.8. The van der Waals surface area contributed by atoms with Crippen LogP contribution in [0.4, 0.5) is 0 Å². The SMILES string of the molecule is COC(=O)c1cccc2c1ccn2CCO[C@H]1CCCCO1. The first-order valence-electron chi connectivity index (χ1n) is 7.69. The molecule has 1 atom stereocenters. The van der Waals surface area contributed by atoms with E-state index in [1.54, 1.807) is 6.07 Å². The molecule has 0 amide bonds. The molecule has 3 rings (SSSR count). The number of hydrogen-bond acceptors (Lipinski definition) is 4. The van der Waals surface area contributed by atoms with E-state index in [9.17, 15) is 4.79 Å². The molecule has 2 aromatic rings. The summed E-state index contributed by atoms with van der Waals surface area (Å²) in [4.78, 5) is 11.8. The van der Waals surface area contributed by atoms with Gasteiger partial charge in [-0.15, -0.1) is 0 Å². The summed E-state index contributed by atoms with van der Waals surface area (Å²) >= 11 is 0. The minimum atomic E-state index is -0.310. The van der Waals surface area contributed by atoms with Crippen LogP contribution < -0.4 is 0 Å². The van der Waals surface area contributed by atoms with Crippen molar-refractivity contribution in [2.45, 2.75) is 32.1 Å². The highest BCUT2D eigenvalue weighted by molar-refractivity contribution is 6.03. The molecule has 1 aliphatic heterocycles. The van der Waals surface area contributed by atoms with Crippen molar-refractivity contribution in [3.63, 3.8) is 0 Å². The molecule has 118 valence electrons. The average Bonchev–Trinajstić information content (AvgIpc) is 2.98. The minimum Gasteiger partial charge on any atom is -0.465 e. The van der Waals surface area contributed by atoms with Gasteiger partial charge in [0.15, 0.2) is 6.29 Å². The van der Waals surface area contributed by atoms with Crippen molar-refractivity contribution in [2.24, 2.45) is 0 Å². The number of methoxy groups -OCH3 is 1. The molecule has 1 aliphatic rings. The van der Waals surface area contributed by atoms with Crippen LogP contribution in [0, 0.1) is 0 Å². The van der Waals surface area contributed by atoms with E-state index in [1.807, 2.05) is 24.4 Å². The molecular formula is C17H21NO4. The van der Waals surface area contributed by atoms with Gasteiger partial charge in [-0.25, -0.2) is 4.79 Å². The second-order valence-corrected chi connectivity index (χ2v) is 5.41. The van der Waals surface area contributed by atoms with E-state index in [-0.39, 0.29) is 12.3 Å². The third-order valence-corrected chi connectivity index (χ3v) is 3.99. The van der Waals surface area contributed by atoms with Crippen LogP contribution in [0.25, 0.3) is 10.9 Å². The zero-order valence-electron chi connectivity index (χ0n) is 12.8. The van der Waals surface area contributed by atoms with E-state index in [2.05, 4.69) is 4.57 Å². The van der Waals surface area contributed by atoms with E-state index in [0.717, 1.165) is 36.9 Å². The summed E-state index contributed by atoms with van der Waals surface area (Å²) in [7, 11) is 1.40. The van der Waals surface area contributed by atoms with Crippen molar-refractivity contribution in [3.05, 3.63) is 36.0 Å². The first kappa shape index (κ1) is 15.1. The molecule has 0 aliphatic carbocycles. The lowest BCUT2D eigenvalue weighted by Gasteiger charge is -2.22. The molecule has 22 heavy (non-hydrogen) atoms. The van der Waals surface area contributed by atoms with Crippen molar-refractivity contribution >= 4 is 16.9 Å². The summed E-state index contributed by atoms with van der Waals surface area (Å²) in [6.45, 7) is 2.12. The largest absolute Gasteiger partial charge is 0.465 e. The van der Waals surface area contributed by atoms with Crippen LogP contribution in [-0.2, 0) is 20.8 Å². The predicted molar refractivity (Wildman–Crippen MR) is 82.8 cm³/mol. The predicted octanol–water partition coefficient (Wildman–Crippen LogP) is 2.97. The Morgan fingerprint density at radius 1 is 1.36 bits per heavy atom. The third-order valence-electron chi connectivity index (χ3n) is 3.99. The minimum absolute atomic E-state index is 0.0683. The molecule has 0 radical (unpaired) electrons. The average molecular weight is 303 g/mol. The first-order valence-corrected chi connectivity index (χ1v) is 7.69. The number of ether oxygens (including phenoxy) is 3. The van der Waals surface area contributed by atoms with Crippen molar-refractivity contribution in [3.8, 4) is 0 Å². The van der Waals surface area contributed by atoms with Gasteiger partial charge in [0.25, 0.3) is 0 Å². The smallest absolute Gasteiger partial charge is 0.338 e. The molecule has 0 unspecified atom stereocenters. The van der Waals surface area contributed by atoms with E-state index in [1.165, 1.54) is 13.5 Å². The van der Waals surface area contributed by atoms with Gasteiger partial charge in [-0.1, -0.05) is 6.07 Å². The van der Waals surface area contributed by atoms with Gasteiger partial charge in [-0.3, -0.25) is 0 Å². The highest BCUT2D eigenvalue weighted by Crippen LogP contribution is 2.21. The Morgan fingerprint density at radius 3 is 3.05 bits per heavy atom. The van der Waals surface area contributed by atoms with E-state index < -0.39 is 0 Å². The quantitative estimate of drug-likeness (QED) is 0.797. The number of carbonyl (C=O) groups is 1. The molecule has 5 heteroatoms. The van der Waals surface area contributed by atoms with Gasteiger partial charge in [0.1, 0.15) is 0 Å². The number of carbonyl (C=O) groups excluding carboxylic acids is 1. The lowest BCUT2D eigenvalue weighted by atomic mass is 10.1. The second-order valence-electron chi connectivity index (χ2n) is 5.41. The number of benzene rings is 1. The van der Waals surface area contributed by atoms with Gasteiger partial charge in [-0.2, -0.15) is 0 Å². The Balaban J connectivity index is 1.68. The van der Waals surface area contributed by atoms with Gasteiger partial charge in [0.2, 0.25) is 0 Å². The second kappa shape index (κ2) is 6.94. The van der Waals surface area contributed by atoms with Crippen LogP contribution in [0.1, 0.15) is 29.6 Å². The molecule has 1 aromatic carbocycles. The lowest BCUT2D eigenvalue weighted by molar-refractivity contribution is -0.163. The van der Waals surface area contributed by atoms with Crippen molar-refractivity contribution in [2.75, 3.05) is 20.3 Å². The normalized spacial score (nSPS) is 18.5. The number of hydrogen-bond donors (Lipinski definition) is 0. The maximum Gasteiger partial charge on any atom is 0.338 e. The van der Waals surface area contributed by atoms with Crippen LogP contribution >= 0.6 is 0 Å². The first-order chi connectivity index (χ1) is 10.8. The summed E-state index contributed by atoms with van der Waals surface area (Å²) in [5.41, 5.74) is 1.60. The van der Waals surface area contributed by atoms with Crippen molar-refractivity contribution in [1.29, 1.82) is 0 Å². The van der Waals surface area contributed by atoms with Crippen LogP contribution in [0.5, 0.6) is 0 Å². The number of fused-ring (bicyclic) bond motifs is 1. The van der Waals surface area contributed by atoms with E-state index in [4.69, 9.17) is 14.2 Å². The van der Waals surface area contributed by atoms with Gasteiger partial charge in [-0.05, 0) is 37.5 Å². The Labute approximate surface area is 129 Å². The Bertz CT molecular complexity index is 643. The van der Waals surface area contributed by atoms with E-state index >= 15 is 0 Å². The van der Waals surface area contributed by atoms with Crippen LogP contribution in [-0.4, -0.2) is 37.1 Å². The lowest BCUT2D eigenvalue weighted by Crippen LogP contribution is -2.23. The molecule has 0 spiro atoms. The molecule has 2 heterocycles. The molecular weight excluding hydrogens is 282 g/mol. The highest BCUT2D eigenvalue weighted by Gasteiger charge is 2.15. The zero-order chi connectivity index (χ0) is 15.4. The number of aromatic nitrogens is 1. The molecule has 1 saturated heterocycles. The fourth-order valence-corrected chi connectivity index (χ4v) is 2.83. The number of nitrogens with zero attached hydrogens (tertiary/aromatic N) is 1. The summed E-state index contributed by atoms with van der Waals surface area (Å²) in [6, 6.07) is 7.60. The Morgan fingerprint density at radius 2 is 2.27 bits per heavy atom. The van der Waals surface area contributed by atoms with Crippen LogP contribution in [0.2, 0.25) is 0 Å². The third kappa shape index (κ3) is 3.15. The van der Waals surface area contributed by atoms with Crippen molar-refractivity contribution < 1.29 is 19.0 Å². The number of rotatable bonds is 5. The van der Waals surface area contributed by atoms with Gasteiger partial charge in [0, 0.05) is 30.3 Å². The topological polar surface area (TPSA) is 49.7 Å². The fourth-order valence-electron chi connectivity index (χ4n) is 2.83. The summed E-state index contributed by atoms with van der Waals surface area (Å²) in [6.07, 6.45) is 5.17. The molecule has 5 nitrogen and oxygen atoms in total. The molecule has 1 fully saturated rings. The zero-order valence-corrected chi connectivity index (χ0v) is 12.8. The summed E-state index contributed by atoms with van der Waals surface area (Å²) < 4.78 is 18.2. The molecule has 0 bridgehead atoms. The van der Waals surface area contributed by atoms with Gasteiger partial charge in [0.05, 0.1) is 19.3 Å². The molecule has 0 saturated carbocycles. The maximum absolute atomic E-state index is 11.8. The van der Waals surface area contributed by atoms with E-state index in [0.29, 0.717) is 12.2 Å². The highest BCUT2D eigenvalue weighted by atomic mass is 16.7. The van der Waals surface area contributed by atoms with Crippen molar-refractivity contribution in [1.82, 2.24) is 4.57 Å².